The molecule has 2 aromatic rings. The van der Waals surface area contributed by atoms with Gasteiger partial charge in [-0.25, -0.2) is 0 Å². The number of rotatable bonds is 4. The topological polar surface area (TPSA) is 69.7 Å². The highest BCUT2D eigenvalue weighted by molar-refractivity contribution is 7.11. The van der Waals surface area contributed by atoms with Gasteiger partial charge in [0, 0.05) is 23.8 Å². The molecule has 8 heteroatoms. The third kappa shape index (κ3) is 3.21. The quantitative estimate of drug-likeness (QED) is 0.750. The molecule has 0 atom stereocenters. The summed E-state index contributed by atoms with van der Waals surface area (Å²) in [5.41, 5.74) is 3.71. The molecule has 1 aliphatic heterocycles. The summed E-state index contributed by atoms with van der Waals surface area (Å²) in [4.78, 5) is 2.09. The molecule has 112 valence electrons. The zero-order valence-corrected chi connectivity index (χ0v) is 12.7. The number of hydrogen-bond acceptors (Lipinski definition) is 7. The van der Waals surface area contributed by atoms with Crippen molar-refractivity contribution in [2.45, 2.75) is 0 Å². The van der Waals surface area contributed by atoms with Crippen LogP contribution in [0.25, 0.3) is 0 Å². The van der Waals surface area contributed by atoms with E-state index in [0.29, 0.717) is 23.9 Å². The van der Waals surface area contributed by atoms with Crippen molar-refractivity contribution < 1.29 is 9.94 Å². The van der Waals surface area contributed by atoms with Gasteiger partial charge in [-0.05, 0) is 35.8 Å². The Balaban J connectivity index is 1.82. The zero-order valence-electron chi connectivity index (χ0n) is 11.2. The van der Waals surface area contributed by atoms with Crippen LogP contribution in [0.1, 0.15) is 0 Å². The fraction of sp³-hybridized carbons (Fsp3) is 0.308. The Morgan fingerprint density at radius 2 is 1.95 bits per heavy atom. The summed E-state index contributed by atoms with van der Waals surface area (Å²) < 4.78 is 9.76. The number of nitrogens with zero attached hydrogens (tertiary/aromatic N) is 2. The lowest BCUT2D eigenvalue weighted by atomic mass is 10.3. The van der Waals surface area contributed by atoms with Gasteiger partial charge in [0.25, 0.3) is 0 Å². The van der Waals surface area contributed by atoms with Crippen LogP contribution in [-0.2, 0) is 4.74 Å². The normalized spacial score (nSPS) is 15.0. The minimum absolute atomic E-state index is 0.580. The van der Waals surface area contributed by atoms with Crippen LogP contribution in [0.5, 0.6) is 0 Å². The Hall–Kier alpha value is -1.54. The van der Waals surface area contributed by atoms with Gasteiger partial charge in [0.2, 0.25) is 0 Å². The molecule has 1 aromatic heterocycles. The molecule has 21 heavy (non-hydrogen) atoms. The summed E-state index contributed by atoms with van der Waals surface area (Å²) in [7, 11) is 0. The van der Waals surface area contributed by atoms with Crippen LogP contribution in [0.15, 0.2) is 24.3 Å². The smallest absolute Gasteiger partial charge is 0.170 e. The Labute approximate surface area is 131 Å². The van der Waals surface area contributed by atoms with Gasteiger partial charge < -0.3 is 15.0 Å². The number of hydrogen-bond donors (Lipinski definition) is 3. The predicted molar refractivity (Wildman–Crippen MR) is 85.3 cm³/mol. The van der Waals surface area contributed by atoms with Crippen LogP contribution in [0.2, 0.25) is 5.02 Å². The lowest BCUT2D eigenvalue weighted by Crippen LogP contribution is -2.36. The molecule has 0 bridgehead atoms. The molecule has 0 unspecified atom stereocenters. The van der Waals surface area contributed by atoms with Crippen molar-refractivity contribution in [3.8, 4) is 0 Å². The number of nitrogens with one attached hydrogen (secondary N) is 2. The van der Waals surface area contributed by atoms with Gasteiger partial charge in [0.1, 0.15) is 10.7 Å². The zero-order chi connectivity index (χ0) is 14.7. The molecule has 3 rings (SSSR count). The number of ether oxygens (including phenoxy) is 1. The number of benzene rings is 1. The summed E-state index contributed by atoms with van der Waals surface area (Å²) in [5.74, 6) is 0.738. The molecule has 0 saturated carbocycles. The van der Waals surface area contributed by atoms with Gasteiger partial charge in [0.05, 0.1) is 13.2 Å². The number of morpholine rings is 1. The summed E-state index contributed by atoms with van der Waals surface area (Å²) in [5, 5.41) is 14.1. The van der Waals surface area contributed by atoms with Gasteiger partial charge in [-0.3, -0.25) is 10.7 Å². The first-order chi connectivity index (χ1) is 10.3. The first-order valence-electron chi connectivity index (χ1n) is 6.53. The van der Waals surface area contributed by atoms with E-state index in [2.05, 4.69) is 20.1 Å². The molecule has 0 amide bonds. The average Bonchev–Trinajstić information content (AvgIpc) is 2.93. The van der Waals surface area contributed by atoms with Crippen LogP contribution < -0.4 is 15.7 Å². The molecule has 1 saturated heterocycles. The molecule has 0 aliphatic carbocycles. The Morgan fingerprint density at radius 1 is 1.24 bits per heavy atom. The second-order valence-corrected chi connectivity index (χ2v) is 5.76. The molecule has 1 fully saturated rings. The molecule has 3 N–H and O–H groups in total. The molecule has 1 aromatic carbocycles. The Kier molecular flexibility index (Phi) is 4.45. The highest BCUT2D eigenvalue weighted by atomic mass is 35.5. The Morgan fingerprint density at radius 3 is 2.62 bits per heavy atom. The summed E-state index contributed by atoms with van der Waals surface area (Å²) in [6, 6.07) is 7.36. The highest BCUT2D eigenvalue weighted by Crippen LogP contribution is 2.38. The molecular weight excluding hydrogens is 312 g/mol. The van der Waals surface area contributed by atoms with Gasteiger partial charge in [-0.2, -0.15) is 4.37 Å². The third-order valence-corrected chi connectivity index (χ3v) is 4.20. The second-order valence-electron chi connectivity index (χ2n) is 4.55. The molecular formula is C13H15ClN4O2S. The molecule has 0 spiro atoms. The van der Waals surface area contributed by atoms with Crippen LogP contribution >= 0.6 is 23.1 Å². The van der Waals surface area contributed by atoms with E-state index >= 15 is 0 Å². The molecule has 0 radical (unpaired) electrons. The van der Waals surface area contributed by atoms with Crippen molar-refractivity contribution in [3.05, 3.63) is 29.3 Å². The van der Waals surface area contributed by atoms with Gasteiger partial charge in [-0.1, -0.05) is 11.6 Å². The lowest BCUT2D eigenvalue weighted by molar-refractivity contribution is 0.122. The van der Waals surface area contributed by atoms with Crippen LogP contribution in [0, 0.1) is 0 Å². The SMILES string of the molecule is ONc1c(N2CCOCC2)nsc1Nc1ccc(Cl)cc1. The van der Waals surface area contributed by atoms with Crippen molar-refractivity contribution in [2.24, 2.45) is 0 Å². The van der Waals surface area contributed by atoms with Crippen molar-refractivity contribution in [3.63, 3.8) is 0 Å². The monoisotopic (exact) mass is 326 g/mol. The van der Waals surface area contributed by atoms with Crippen LogP contribution in [0.3, 0.4) is 0 Å². The molecule has 6 nitrogen and oxygen atoms in total. The summed E-state index contributed by atoms with van der Waals surface area (Å²) in [6.45, 7) is 2.86. The Bertz CT molecular complexity index is 599. The van der Waals surface area contributed by atoms with Crippen molar-refractivity contribution in [2.75, 3.05) is 42.0 Å². The van der Waals surface area contributed by atoms with E-state index in [4.69, 9.17) is 16.3 Å². The largest absolute Gasteiger partial charge is 0.378 e. The number of anilines is 4. The van der Waals surface area contributed by atoms with Gasteiger partial charge in [0.15, 0.2) is 5.82 Å². The van der Waals surface area contributed by atoms with E-state index in [1.807, 2.05) is 12.1 Å². The van der Waals surface area contributed by atoms with Crippen molar-refractivity contribution in [1.29, 1.82) is 0 Å². The van der Waals surface area contributed by atoms with Crippen LogP contribution in [0.4, 0.5) is 22.2 Å². The maximum Gasteiger partial charge on any atom is 0.170 e. The number of aromatic nitrogens is 1. The number of halogens is 1. The summed E-state index contributed by atoms with van der Waals surface area (Å²) in [6.07, 6.45) is 0. The third-order valence-electron chi connectivity index (χ3n) is 3.20. The van der Waals surface area contributed by atoms with Crippen LogP contribution in [-0.4, -0.2) is 35.9 Å². The maximum absolute atomic E-state index is 9.44. The van der Waals surface area contributed by atoms with E-state index in [0.717, 1.165) is 29.6 Å². The molecule has 2 heterocycles. The first kappa shape index (κ1) is 14.4. The minimum Gasteiger partial charge on any atom is -0.378 e. The van der Waals surface area contributed by atoms with Crippen molar-refractivity contribution >= 4 is 45.3 Å². The molecule has 1 aliphatic rings. The van der Waals surface area contributed by atoms with E-state index < -0.39 is 0 Å². The van der Waals surface area contributed by atoms with E-state index in [-0.39, 0.29) is 0 Å². The van der Waals surface area contributed by atoms with Gasteiger partial charge in [-0.15, -0.1) is 0 Å². The first-order valence-corrected chi connectivity index (χ1v) is 7.68. The van der Waals surface area contributed by atoms with E-state index in [1.165, 1.54) is 11.5 Å². The average molecular weight is 327 g/mol. The summed E-state index contributed by atoms with van der Waals surface area (Å²) >= 11 is 7.16. The minimum atomic E-state index is 0.580. The van der Waals surface area contributed by atoms with E-state index in [9.17, 15) is 5.21 Å². The second kappa shape index (κ2) is 6.48. The maximum atomic E-state index is 9.44. The fourth-order valence-corrected chi connectivity index (χ4v) is 3.03. The highest BCUT2D eigenvalue weighted by Gasteiger charge is 2.21. The van der Waals surface area contributed by atoms with E-state index in [1.54, 1.807) is 12.1 Å². The predicted octanol–water partition coefficient (Wildman–Crippen LogP) is 3.18. The fourth-order valence-electron chi connectivity index (χ4n) is 2.12. The lowest BCUT2D eigenvalue weighted by Gasteiger charge is -2.27. The standard InChI is InChI=1S/C13H15ClN4O2S/c14-9-1-3-10(4-2-9)15-13-11(16-19)12(17-21-13)18-5-7-20-8-6-18/h1-4,15-16,19H,5-8H2. The van der Waals surface area contributed by atoms with Gasteiger partial charge >= 0.3 is 0 Å². The van der Waals surface area contributed by atoms with Crippen molar-refractivity contribution in [1.82, 2.24) is 4.37 Å².